The molecule has 6 nitrogen and oxygen atoms in total. The van der Waals surface area contributed by atoms with Gasteiger partial charge in [-0.15, -0.1) is 0 Å². The average molecular weight is 469 g/mol. The Morgan fingerprint density at radius 1 is 1.12 bits per heavy atom. The first-order valence-electron chi connectivity index (χ1n) is 10.6. The molecule has 1 amide bonds. The number of pyridine rings is 1. The molecule has 174 valence electrons. The van der Waals surface area contributed by atoms with Crippen molar-refractivity contribution in [2.75, 3.05) is 23.3 Å². The van der Waals surface area contributed by atoms with Gasteiger partial charge in [0, 0.05) is 30.5 Å². The molecule has 2 aromatic carbocycles. The number of rotatable bonds is 4. The van der Waals surface area contributed by atoms with Crippen molar-refractivity contribution >= 4 is 28.4 Å². The summed E-state index contributed by atoms with van der Waals surface area (Å²) in [7, 11) is 0. The second-order valence-corrected chi connectivity index (χ2v) is 8.02. The van der Waals surface area contributed by atoms with Crippen molar-refractivity contribution in [2.24, 2.45) is 0 Å². The number of H-pyrrole nitrogens is 1. The quantitative estimate of drug-likeness (QED) is 0.390. The van der Waals surface area contributed by atoms with E-state index >= 15 is 0 Å². The summed E-state index contributed by atoms with van der Waals surface area (Å²) in [6, 6.07) is 13.5. The number of amides is 1. The molecule has 4 aromatic rings. The molecule has 2 N–H and O–H groups in total. The summed E-state index contributed by atoms with van der Waals surface area (Å²) in [6.45, 7) is 0.548. The normalized spacial score (nSPS) is 16.2. The Balaban J connectivity index is 1.57. The first-order chi connectivity index (χ1) is 16.3. The first kappa shape index (κ1) is 21.9. The van der Waals surface area contributed by atoms with Crippen LogP contribution in [0.4, 0.5) is 29.1 Å². The molecule has 34 heavy (non-hydrogen) atoms. The van der Waals surface area contributed by atoms with Crippen molar-refractivity contribution in [2.45, 2.75) is 18.8 Å². The Morgan fingerprint density at radius 2 is 1.97 bits per heavy atom. The number of alkyl halides is 4. The van der Waals surface area contributed by atoms with Crippen molar-refractivity contribution in [3.63, 3.8) is 0 Å². The van der Waals surface area contributed by atoms with Crippen LogP contribution in [0.25, 0.3) is 22.4 Å². The van der Waals surface area contributed by atoms with E-state index in [0.29, 0.717) is 30.0 Å². The van der Waals surface area contributed by atoms with Crippen LogP contribution in [0.1, 0.15) is 22.3 Å². The SMILES string of the molecule is O=C(Nc1ccccn1)c1cccc2[nH]c(-c3cc(N4CCC(F)C4)ccc3C(F)(F)F)nc12. The highest BCUT2D eigenvalue weighted by atomic mass is 19.4. The zero-order chi connectivity index (χ0) is 23.9. The smallest absolute Gasteiger partial charge is 0.368 e. The van der Waals surface area contributed by atoms with E-state index in [1.54, 1.807) is 35.2 Å². The molecule has 0 radical (unpaired) electrons. The highest BCUT2D eigenvalue weighted by molar-refractivity contribution is 6.11. The summed E-state index contributed by atoms with van der Waals surface area (Å²) in [6.07, 6.45) is -3.79. The number of aromatic nitrogens is 3. The molecule has 0 bridgehead atoms. The second kappa shape index (κ2) is 8.44. The van der Waals surface area contributed by atoms with Gasteiger partial charge in [-0.25, -0.2) is 14.4 Å². The molecule has 1 aliphatic rings. The van der Waals surface area contributed by atoms with Crippen LogP contribution in [0, 0.1) is 0 Å². The maximum absolute atomic E-state index is 13.8. The number of hydrogen-bond acceptors (Lipinski definition) is 4. The zero-order valence-corrected chi connectivity index (χ0v) is 17.7. The third-order valence-corrected chi connectivity index (χ3v) is 5.72. The van der Waals surface area contributed by atoms with Crippen LogP contribution in [0.5, 0.6) is 0 Å². The van der Waals surface area contributed by atoms with Crippen molar-refractivity contribution in [1.82, 2.24) is 15.0 Å². The lowest BCUT2D eigenvalue weighted by Gasteiger charge is -2.20. The van der Waals surface area contributed by atoms with E-state index in [9.17, 15) is 22.4 Å². The number of carbonyl (C=O) groups excluding carboxylic acids is 1. The summed E-state index contributed by atoms with van der Waals surface area (Å²) in [4.78, 5) is 25.9. The molecule has 3 heterocycles. The van der Waals surface area contributed by atoms with Gasteiger partial charge < -0.3 is 15.2 Å². The van der Waals surface area contributed by atoms with Gasteiger partial charge >= 0.3 is 6.18 Å². The number of fused-ring (bicyclic) bond motifs is 1. The Morgan fingerprint density at radius 3 is 2.68 bits per heavy atom. The van der Waals surface area contributed by atoms with Gasteiger partial charge in [0.25, 0.3) is 5.91 Å². The largest absolute Gasteiger partial charge is 0.417 e. The molecule has 0 spiro atoms. The summed E-state index contributed by atoms with van der Waals surface area (Å²) in [5.74, 6) is -0.180. The summed E-state index contributed by atoms with van der Waals surface area (Å²) in [5.41, 5.74) is 0.277. The molecular formula is C24H19F4N5O. The Bertz CT molecular complexity index is 1350. The van der Waals surface area contributed by atoms with Gasteiger partial charge in [-0.2, -0.15) is 13.2 Å². The van der Waals surface area contributed by atoms with E-state index < -0.39 is 23.8 Å². The van der Waals surface area contributed by atoms with E-state index in [-0.39, 0.29) is 29.0 Å². The lowest BCUT2D eigenvalue weighted by molar-refractivity contribution is -0.137. The monoisotopic (exact) mass is 469 g/mol. The Hall–Kier alpha value is -3.95. The van der Waals surface area contributed by atoms with Gasteiger partial charge in [0.15, 0.2) is 0 Å². The minimum Gasteiger partial charge on any atom is -0.368 e. The highest BCUT2D eigenvalue weighted by Crippen LogP contribution is 2.39. The van der Waals surface area contributed by atoms with Gasteiger partial charge in [-0.1, -0.05) is 12.1 Å². The van der Waals surface area contributed by atoms with Crippen LogP contribution in [-0.4, -0.2) is 40.1 Å². The van der Waals surface area contributed by atoms with Crippen molar-refractivity contribution in [3.05, 3.63) is 71.9 Å². The maximum atomic E-state index is 13.8. The minimum absolute atomic E-state index is 0.0294. The number of hydrogen-bond donors (Lipinski definition) is 2. The summed E-state index contributed by atoms with van der Waals surface area (Å²) < 4.78 is 55.2. The zero-order valence-electron chi connectivity index (χ0n) is 17.7. The van der Waals surface area contributed by atoms with E-state index in [1.165, 1.54) is 24.4 Å². The molecular weight excluding hydrogens is 450 g/mol. The standard InChI is InChI=1S/C24H19F4N5O/c25-14-9-11-33(13-14)15-7-8-18(24(26,27)28)17(12-15)22-30-19-5-3-4-16(21(19)32-22)23(34)31-20-6-1-2-10-29-20/h1-8,10,12,14H,9,11,13H2,(H,30,32)(H,29,31,34). The third-order valence-electron chi connectivity index (χ3n) is 5.72. The van der Waals surface area contributed by atoms with Crippen molar-refractivity contribution in [1.29, 1.82) is 0 Å². The second-order valence-electron chi connectivity index (χ2n) is 8.02. The number of anilines is 2. The van der Waals surface area contributed by atoms with Gasteiger partial charge in [-0.3, -0.25) is 4.79 Å². The molecule has 5 rings (SSSR count). The first-order valence-corrected chi connectivity index (χ1v) is 10.6. The lowest BCUT2D eigenvalue weighted by Crippen LogP contribution is -2.20. The van der Waals surface area contributed by atoms with Gasteiger partial charge in [0.05, 0.1) is 16.6 Å². The third kappa shape index (κ3) is 4.18. The predicted molar refractivity (Wildman–Crippen MR) is 120 cm³/mol. The fourth-order valence-corrected chi connectivity index (χ4v) is 4.09. The maximum Gasteiger partial charge on any atom is 0.417 e. The fourth-order valence-electron chi connectivity index (χ4n) is 4.09. The molecule has 1 aliphatic heterocycles. The van der Waals surface area contributed by atoms with Crippen LogP contribution in [0.2, 0.25) is 0 Å². The Kier molecular flexibility index (Phi) is 5.43. The number of halogens is 4. The number of para-hydroxylation sites is 1. The van der Waals surface area contributed by atoms with E-state index in [0.717, 1.165) is 6.07 Å². The topological polar surface area (TPSA) is 73.9 Å². The number of aromatic amines is 1. The molecule has 1 unspecified atom stereocenters. The van der Waals surface area contributed by atoms with Gasteiger partial charge in [0.2, 0.25) is 0 Å². The minimum atomic E-state index is -4.63. The predicted octanol–water partition coefficient (Wildman–Crippen LogP) is 5.44. The molecule has 1 atom stereocenters. The summed E-state index contributed by atoms with van der Waals surface area (Å²) >= 11 is 0. The van der Waals surface area contributed by atoms with E-state index in [1.807, 2.05) is 0 Å². The molecule has 2 aromatic heterocycles. The van der Waals surface area contributed by atoms with Crippen molar-refractivity contribution < 1.29 is 22.4 Å². The van der Waals surface area contributed by atoms with Gasteiger partial charge in [0.1, 0.15) is 23.3 Å². The van der Waals surface area contributed by atoms with Crippen LogP contribution in [-0.2, 0) is 6.18 Å². The Labute approximate surface area is 191 Å². The molecule has 1 fully saturated rings. The molecule has 0 aliphatic carbocycles. The fraction of sp³-hybridized carbons (Fsp3) is 0.208. The lowest BCUT2D eigenvalue weighted by atomic mass is 10.0. The average Bonchev–Trinajstić information content (AvgIpc) is 3.45. The number of nitrogens with one attached hydrogen (secondary N) is 2. The molecule has 0 saturated carbocycles. The van der Waals surface area contributed by atoms with E-state index in [4.69, 9.17) is 0 Å². The summed E-state index contributed by atoms with van der Waals surface area (Å²) in [5, 5.41) is 2.66. The number of nitrogens with zero attached hydrogens (tertiary/aromatic N) is 3. The van der Waals surface area contributed by atoms with E-state index in [2.05, 4.69) is 20.3 Å². The molecule has 1 saturated heterocycles. The number of benzene rings is 2. The van der Waals surface area contributed by atoms with Gasteiger partial charge in [-0.05, 0) is 48.9 Å². The highest BCUT2D eigenvalue weighted by Gasteiger charge is 2.35. The van der Waals surface area contributed by atoms with Crippen LogP contribution in [0.15, 0.2) is 60.8 Å². The van der Waals surface area contributed by atoms with Crippen molar-refractivity contribution in [3.8, 4) is 11.4 Å². The van der Waals surface area contributed by atoms with Crippen LogP contribution in [0.3, 0.4) is 0 Å². The van der Waals surface area contributed by atoms with Crippen LogP contribution >= 0.6 is 0 Å². The molecule has 10 heteroatoms. The van der Waals surface area contributed by atoms with Crippen LogP contribution < -0.4 is 10.2 Å². The number of imidazole rings is 1. The number of carbonyl (C=O) groups is 1.